The van der Waals surface area contributed by atoms with Crippen LogP contribution in [0.1, 0.15) is 15.9 Å². The third-order valence-electron chi connectivity index (χ3n) is 3.72. The molecule has 4 nitrogen and oxygen atoms in total. The maximum Gasteiger partial charge on any atom is 0.256 e. The van der Waals surface area contributed by atoms with Crippen molar-refractivity contribution in [3.8, 4) is 11.6 Å². The number of aromatic nitrogens is 1. The van der Waals surface area contributed by atoms with E-state index in [1.54, 1.807) is 54.4 Å². The van der Waals surface area contributed by atoms with Crippen LogP contribution >= 0.6 is 11.8 Å². The highest BCUT2D eigenvalue weighted by atomic mass is 32.2. The number of pyridine rings is 1. The zero-order valence-corrected chi connectivity index (χ0v) is 15.4. The van der Waals surface area contributed by atoms with Gasteiger partial charge in [0.15, 0.2) is 0 Å². The molecule has 0 bridgehead atoms. The van der Waals surface area contributed by atoms with Crippen LogP contribution in [0.5, 0.6) is 11.6 Å². The molecule has 0 unspecified atom stereocenters. The van der Waals surface area contributed by atoms with Crippen LogP contribution in [0.15, 0.2) is 72.9 Å². The molecule has 0 aliphatic heterocycles. The third-order valence-corrected chi connectivity index (χ3v) is 4.73. The monoisotopic (exact) mass is 382 g/mol. The fourth-order valence-corrected chi connectivity index (χ4v) is 3.22. The number of thioether (sulfide) groups is 1. The minimum Gasteiger partial charge on any atom is -0.438 e. The fraction of sp³-hybridized carbons (Fsp3) is 0.143. The number of hydrogen-bond donors (Lipinski definition) is 1. The van der Waals surface area contributed by atoms with E-state index in [2.05, 4.69) is 10.3 Å². The first-order chi connectivity index (χ1) is 13.2. The second-order valence-corrected chi connectivity index (χ2v) is 6.78. The van der Waals surface area contributed by atoms with Gasteiger partial charge in [0.1, 0.15) is 17.1 Å². The molecular formula is C21H19FN2O2S. The molecule has 0 radical (unpaired) electrons. The van der Waals surface area contributed by atoms with E-state index in [1.807, 2.05) is 24.3 Å². The molecule has 0 aliphatic rings. The normalized spacial score (nSPS) is 10.4. The summed E-state index contributed by atoms with van der Waals surface area (Å²) in [5.41, 5.74) is 1.04. The Morgan fingerprint density at radius 2 is 1.81 bits per heavy atom. The predicted octanol–water partition coefficient (Wildman–Crippen LogP) is 4.68. The molecule has 0 fully saturated rings. The van der Waals surface area contributed by atoms with Crippen molar-refractivity contribution in [2.75, 3.05) is 12.3 Å². The molecule has 27 heavy (non-hydrogen) atoms. The van der Waals surface area contributed by atoms with Crippen molar-refractivity contribution in [3.05, 3.63) is 89.9 Å². The Labute approximate surface area is 161 Å². The van der Waals surface area contributed by atoms with E-state index in [1.165, 1.54) is 6.07 Å². The number of amides is 1. The Morgan fingerprint density at radius 1 is 1.04 bits per heavy atom. The highest BCUT2D eigenvalue weighted by Gasteiger charge is 2.13. The topological polar surface area (TPSA) is 51.2 Å². The van der Waals surface area contributed by atoms with Gasteiger partial charge in [-0.15, -0.1) is 0 Å². The van der Waals surface area contributed by atoms with Crippen LogP contribution in [0.25, 0.3) is 0 Å². The largest absolute Gasteiger partial charge is 0.438 e. The summed E-state index contributed by atoms with van der Waals surface area (Å²) in [4.78, 5) is 16.6. The molecule has 1 aromatic heterocycles. The van der Waals surface area contributed by atoms with E-state index in [0.717, 1.165) is 0 Å². The van der Waals surface area contributed by atoms with E-state index in [-0.39, 0.29) is 17.6 Å². The number of benzene rings is 2. The molecule has 0 saturated carbocycles. The Bertz CT molecular complexity index is 890. The molecule has 0 spiro atoms. The number of hydrogen-bond acceptors (Lipinski definition) is 4. The van der Waals surface area contributed by atoms with E-state index in [0.29, 0.717) is 34.9 Å². The average molecular weight is 382 g/mol. The Balaban J connectivity index is 1.50. The summed E-state index contributed by atoms with van der Waals surface area (Å²) in [5.74, 6) is 1.67. The van der Waals surface area contributed by atoms with Crippen LogP contribution < -0.4 is 10.1 Å². The summed E-state index contributed by atoms with van der Waals surface area (Å²) in [6.07, 6.45) is 1.58. The summed E-state index contributed by atoms with van der Waals surface area (Å²) in [7, 11) is 0. The number of halogens is 1. The summed E-state index contributed by atoms with van der Waals surface area (Å²) in [6.45, 7) is 0.470. The van der Waals surface area contributed by atoms with Crippen LogP contribution in [0.4, 0.5) is 4.39 Å². The summed E-state index contributed by atoms with van der Waals surface area (Å²) < 4.78 is 19.3. The van der Waals surface area contributed by atoms with Gasteiger partial charge in [-0.25, -0.2) is 9.37 Å². The van der Waals surface area contributed by atoms with Crippen molar-refractivity contribution >= 4 is 17.7 Å². The first-order valence-corrected chi connectivity index (χ1v) is 9.67. The number of carbonyl (C=O) groups excluding carboxylic acids is 1. The lowest BCUT2D eigenvalue weighted by atomic mass is 10.2. The lowest BCUT2D eigenvalue weighted by Crippen LogP contribution is -2.26. The molecule has 2 aromatic carbocycles. The first-order valence-electron chi connectivity index (χ1n) is 8.51. The van der Waals surface area contributed by atoms with Crippen molar-refractivity contribution in [2.24, 2.45) is 0 Å². The van der Waals surface area contributed by atoms with Crippen molar-refractivity contribution in [1.82, 2.24) is 10.3 Å². The molecule has 1 heterocycles. The van der Waals surface area contributed by atoms with E-state index < -0.39 is 0 Å². The zero-order valence-electron chi connectivity index (χ0n) is 14.6. The van der Waals surface area contributed by atoms with Crippen LogP contribution in [0.2, 0.25) is 0 Å². The molecule has 138 valence electrons. The van der Waals surface area contributed by atoms with Gasteiger partial charge in [0.05, 0.1) is 0 Å². The lowest BCUT2D eigenvalue weighted by Gasteiger charge is -2.10. The maximum absolute atomic E-state index is 13.6. The van der Waals surface area contributed by atoms with E-state index >= 15 is 0 Å². The molecule has 0 aliphatic carbocycles. The van der Waals surface area contributed by atoms with Crippen LogP contribution in [0.3, 0.4) is 0 Å². The molecule has 1 N–H and O–H groups in total. The second-order valence-electron chi connectivity index (χ2n) is 5.67. The van der Waals surface area contributed by atoms with Gasteiger partial charge in [0.25, 0.3) is 5.91 Å². The van der Waals surface area contributed by atoms with E-state index in [4.69, 9.17) is 4.74 Å². The molecule has 1 amide bonds. The number of rotatable bonds is 8. The van der Waals surface area contributed by atoms with Gasteiger partial charge in [0, 0.05) is 24.2 Å². The smallest absolute Gasteiger partial charge is 0.256 e. The number of carbonyl (C=O) groups is 1. The van der Waals surface area contributed by atoms with E-state index in [9.17, 15) is 9.18 Å². The molecule has 6 heteroatoms. The predicted molar refractivity (Wildman–Crippen MR) is 106 cm³/mol. The summed E-state index contributed by atoms with van der Waals surface area (Å²) >= 11 is 1.56. The molecular weight excluding hydrogens is 363 g/mol. The van der Waals surface area contributed by atoms with Gasteiger partial charge in [-0.1, -0.05) is 36.4 Å². The average Bonchev–Trinajstić information content (AvgIpc) is 2.70. The SMILES string of the molecule is O=C(NCCSCc1ccccc1F)c1cccnc1Oc1ccccc1. The molecule has 3 rings (SSSR count). The maximum atomic E-state index is 13.6. The zero-order chi connectivity index (χ0) is 18.9. The highest BCUT2D eigenvalue weighted by molar-refractivity contribution is 7.98. The van der Waals surface area contributed by atoms with Crippen molar-refractivity contribution in [3.63, 3.8) is 0 Å². The van der Waals surface area contributed by atoms with Gasteiger partial charge >= 0.3 is 0 Å². The summed E-state index contributed by atoms with van der Waals surface area (Å²) in [5, 5.41) is 2.85. The Morgan fingerprint density at radius 3 is 2.63 bits per heavy atom. The number of para-hydroxylation sites is 1. The lowest BCUT2D eigenvalue weighted by molar-refractivity contribution is 0.0953. The standard InChI is InChI=1S/C21H19FN2O2S/c22-19-11-5-4-7-16(19)15-27-14-13-23-20(25)18-10-6-12-24-21(18)26-17-8-2-1-3-9-17/h1-12H,13-15H2,(H,23,25). The molecule has 3 aromatic rings. The third kappa shape index (κ3) is 5.56. The van der Waals surface area contributed by atoms with Crippen molar-refractivity contribution in [1.29, 1.82) is 0 Å². The fourth-order valence-electron chi connectivity index (χ4n) is 2.37. The van der Waals surface area contributed by atoms with Gasteiger partial charge < -0.3 is 10.1 Å². The van der Waals surface area contributed by atoms with Crippen LogP contribution in [-0.2, 0) is 5.75 Å². The van der Waals surface area contributed by atoms with Crippen molar-refractivity contribution in [2.45, 2.75) is 5.75 Å². The van der Waals surface area contributed by atoms with Crippen LogP contribution in [0, 0.1) is 5.82 Å². The summed E-state index contributed by atoms with van der Waals surface area (Å²) in [6, 6.07) is 19.3. The number of nitrogens with one attached hydrogen (secondary N) is 1. The minimum absolute atomic E-state index is 0.202. The minimum atomic E-state index is -0.250. The van der Waals surface area contributed by atoms with Gasteiger partial charge in [0.2, 0.25) is 5.88 Å². The van der Waals surface area contributed by atoms with Crippen molar-refractivity contribution < 1.29 is 13.9 Å². The van der Waals surface area contributed by atoms with Gasteiger partial charge in [-0.05, 0) is 35.9 Å². The van der Waals surface area contributed by atoms with Gasteiger partial charge in [-0.3, -0.25) is 4.79 Å². The van der Waals surface area contributed by atoms with Crippen LogP contribution in [-0.4, -0.2) is 23.2 Å². The molecule has 0 saturated heterocycles. The van der Waals surface area contributed by atoms with Gasteiger partial charge in [-0.2, -0.15) is 11.8 Å². The Hall–Kier alpha value is -2.86. The quantitative estimate of drug-likeness (QED) is 0.575. The highest BCUT2D eigenvalue weighted by Crippen LogP contribution is 2.22. The number of ether oxygens (including phenoxy) is 1. The Kier molecular flexibility index (Phi) is 6.82. The second kappa shape index (κ2) is 9.73. The first kappa shape index (κ1) is 18.9. The number of nitrogens with zero attached hydrogens (tertiary/aromatic N) is 1. The molecule has 0 atom stereocenters.